The normalized spacial score (nSPS) is 12.7. The first kappa shape index (κ1) is 11.9. The number of hydrogen-bond acceptors (Lipinski definition) is 1. The van der Waals surface area contributed by atoms with Crippen LogP contribution < -0.4 is 0 Å². The lowest BCUT2D eigenvalue weighted by Gasteiger charge is -2.10. The molecular formula is C16H13BrS. The number of fused-ring (bicyclic) bond motifs is 1. The van der Waals surface area contributed by atoms with Gasteiger partial charge in [0.1, 0.15) is 0 Å². The maximum atomic E-state index is 3.80. The summed E-state index contributed by atoms with van der Waals surface area (Å²) in [6.45, 7) is 0. The molecule has 90 valence electrons. The van der Waals surface area contributed by atoms with Crippen LogP contribution in [-0.4, -0.2) is 0 Å². The van der Waals surface area contributed by atoms with E-state index in [9.17, 15) is 0 Å². The standard InChI is InChI=1S/C16H13BrS/c17-15(16-9-4-10-18-16)11-13-7-3-6-12-5-1-2-8-14(12)13/h1-10,15H,11H2. The number of benzene rings is 2. The van der Waals surface area contributed by atoms with Gasteiger partial charge < -0.3 is 0 Å². The molecule has 0 aliphatic heterocycles. The minimum atomic E-state index is 0.406. The van der Waals surface area contributed by atoms with Gasteiger partial charge in [0.05, 0.1) is 4.83 Å². The van der Waals surface area contributed by atoms with Crippen LogP contribution in [0.25, 0.3) is 10.8 Å². The Morgan fingerprint density at radius 2 is 1.78 bits per heavy atom. The van der Waals surface area contributed by atoms with Crippen LogP contribution in [-0.2, 0) is 6.42 Å². The Bertz CT molecular complexity index is 638. The number of rotatable bonds is 3. The molecule has 1 atom stereocenters. The van der Waals surface area contributed by atoms with E-state index in [4.69, 9.17) is 0 Å². The molecule has 0 N–H and O–H groups in total. The van der Waals surface area contributed by atoms with Crippen molar-refractivity contribution in [3.05, 3.63) is 70.4 Å². The molecule has 0 fully saturated rings. The van der Waals surface area contributed by atoms with Crippen LogP contribution in [0.1, 0.15) is 15.3 Å². The molecule has 2 aromatic carbocycles. The van der Waals surface area contributed by atoms with Crippen molar-refractivity contribution < 1.29 is 0 Å². The molecule has 0 spiro atoms. The van der Waals surface area contributed by atoms with Gasteiger partial charge >= 0.3 is 0 Å². The summed E-state index contributed by atoms with van der Waals surface area (Å²) in [7, 11) is 0. The minimum Gasteiger partial charge on any atom is -0.148 e. The van der Waals surface area contributed by atoms with Crippen molar-refractivity contribution in [2.45, 2.75) is 11.2 Å². The second-order valence-corrected chi connectivity index (χ2v) is 6.41. The zero-order valence-corrected chi connectivity index (χ0v) is 12.2. The molecule has 0 saturated carbocycles. The molecule has 3 aromatic rings. The van der Waals surface area contributed by atoms with Crippen molar-refractivity contribution in [1.29, 1.82) is 0 Å². The first-order valence-electron chi connectivity index (χ1n) is 5.99. The van der Waals surface area contributed by atoms with Gasteiger partial charge in [-0.25, -0.2) is 0 Å². The largest absolute Gasteiger partial charge is 0.148 e. The average molecular weight is 317 g/mol. The van der Waals surface area contributed by atoms with Crippen LogP contribution in [0, 0.1) is 0 Å². The predicted molar refractivity (Wildman–Crippen MR) is 83.6 cm³/mol. The predicted octanol–water partition coefficient (Wildman–Crippen LogP) is 5.58. The molecule has 18 heavy (non-hydrogen) atoms. The molecule has 0 aliphatic carbocycles. The Labute approximate surface area is 119 Å². The lowest BCUT2D eigenvalue weighted by Crippen LogP contribution is -1.94. The van der Waals surface area contributed by atoms with Crippen molar-refractivity contribution in [3.8, 4) is 0 Å². The number of halogens is 1. The average Bonchev–Trinajstić information content (AvgIpc) is 2.93. The topological polar surface area (TPSA) is 0 Å². The lowest BCUT2D eigenvalue weighted by atomic mass is 10.0. The SMILES string of the molecule is BrC(Cc1cccc2ccccc12)c1cccs1. The Kier molecular flexibility index (Phi) is 3.48. The maximum Gasteiger partial charge on any atom is 0.0529 e. The van der Waals surface area contributed by atoms with E-state index in [0.29, 0.717) is 4.83 Å². The van der Waals surface area contributed by atoms with E-state index in [1.807, 2.05) is 11.3 Å². The van der Waals surface area contributed by atoms with Gasteiger partial charge in [-0.3, -0.25) is 0 Å². The molecule has 1 heterocycles. The molecule has 3 rings (SSSR count). The first-order valence-corrected chi connectivity index (χ1v) is 7.78. The van der Waals surface area contributed by atoms with Gasteiger partial charge in [0.25, 0.3) is 0 Å². The molecule has 0 amide bonds. The monoisotopic (exact) mass is 316 g/mol. The van der Waals surface area contributed by atoms with Crippen molar-refractivity contribution in [3.63, 3.8) is 0 Å². The van der Waals surface area contributed by atoms with Crippen LogP contribution in [0.15, 0.2) is 60.0 Å². The summed E-state index contributed by atoms with van der Waals surface area (Å²) in [5.41, 5.74) is 1.41. The fourth-order valence-corrected chi connectivity index (χ4v) is 3.76. The van der Waals surface area contributed by atoms with Crippen molar-refractivity contribution in [2.75, 3.05) is 0 Å². The van der Waals surface area contributed by atoms with Gasteiger partial charge in [0, 0.05) is 4.88 Å². The number of hydrogen-bond donors (Lipinski definition) is 0. The van der Waals surface area contributed by atoms with Crippen LogP contribution in [0.3, 0.4) is 0 Å². The molecule has 0 aliphatic rings. The molecular weight excluding hydrogens is 304 g/mol. The van der Waals surface area contributed by atoms with Crippen molar-refractivity contribution in [1.82, 2.24) is 0 Å². The molecule has 2 heteroatoms. The van der Waals surface area contributed by atoms with Crippen molar-refractivity contribution >= 4 is 38.0 Å². The van der Waals surface area contributed by atoms with E-state index in [1.165, 1.54) is 21.2 Å². The fraction of sp³-hybridized carbons (Fsp3) is 0.125. The van der Waals surface area contributed by atoms with Crippen LogP contribution >= 0.6 is 27.3 Å². The molecule has 1 unspecified atom stereocenters. The molecule has 0 nitrogen and oxygen atoms in total. The van der Waals surface area contributed by atoms with Gasteiger partial charge in [-0.1, -0.05) is 64.5 Å². The molecule has 0 saturated heterocycles. The third-order valence-corrected chi connectivity index (χ3v) is 5.24. The van der Waals surface area contributed by atoms with E-state index in [-0.39, 0.29) is 0 Å². The first-order chi connectivity index (χ1) is 8.84. The lowest BCUT2D eigenvalue weighted by molar-refractivity contribution is 0.979. The van der Waals surface area contributed by atoms with E-state index in [1.54, 1.807) is 0 Å². The highest BCUT2D eigenvalue weighted by atomic mass is 79.9. The summed E-state index contributed by atoms with van der Waals surface area (Å²) in [4.78, 5) is 1.80. The second-order valence-electron chi connectivity index (χ2n) is 4.33. The minimum absolute atomic E-state index is 0.406. The highest BCUT2D eigenvalue weighted by Crippen LogP contribution is 2.32. The summed E-state index contributed by atoms with van der Waals surface area (Å²) < 4.78 is 0. The van der Waals surface area contributed by atoms with Gasteiger partial charge in [-0.2, -0.15) is 0 Å². The third-order valence-electron chi connectivity index (χ3n) is 3.13. The Morgan fingerprint density at radius 1 is 0.944 bits per heavy atom. The van der Waals surface area contributed by atoms with E-state index in [0.717, 1.165) is 6.42 Å². The smallest absolute Gasteiger partial charge is 0.0529 e. The highest BCUT2D eigenvalue weighted by Gasteiger charge is 2.11. The summed E-state index contributed by atoms with van der Waals surface area (Å²) in [6.07, 6.45) is 1.03. The summed E-state index contributed by atoms with van der Waals surface area (Å²) >= 11 is 5.61. The fourth-order valence-electron chi connectivity index (χ4n) is 2.23. The molecule has 1 aromatic heterocycles. The molecule has 0 bridgehead atoms. The summed E-state index contributed by atoms with van der Waals surface area (Å²) in [6, 6.07) is 19.4. The third kappa shape index (κ3) is 2.36. The van der Waals surface area contributed by atoms with Gasteiger partial charge in [-0.15, -0.1) is 11.3 Å². The summed E-state index contributed by atoms with van der Waals surface area (Å²) in [5.74, 6) is 0. The van der Waals surface area contributed by atoms with E-state index >= 15 is 0 Å². The van der Waals surface area contributed by atoms with E-state index < -0.39 is 0 Å². The highest BCUT2D eigenvalue weighted by molar-refractivity contribution is 9.09. The number of alkyl halides is 1. The van der Waals surface area contributed by atoms with Gasteiger partial charge in [0.2, 0.25) is 0 Å². The van der Waals surface area contributed by atoms with Gasteiger partial charge in [0.15, 0.2) is 0 Å². The van der Waals surface area contributed by atoms with Crippen LogP contribution in [0.4, 0.5) is 0 Å². The number of thiophene rings is 1. The quantitative estimate of drug-likeness (QED) is 0.553. The zero-order chi connectivity index (χ0) is 12.4. The Hall–Kier alpha value is -1.12. The van der Waals surface area contributed by atoms with Crippen LogP contribution in [0.5, 0.6) is 0 Å². The Morgan fingerprint density at radius 3 is 2.61 bits per heavy atom. The van der Waals surface area contributed by atoms with Crippen molar-refractivity contribution in [2.24, 2.45) is 0 Å². The molecule has 0 radical (unpaired) electrons. The van der Waals surface area contributed by atoms with Gasteiger partial charge in [-0.05, 0) is 34.2 Å². The van der Waals surface area contributed by atoms with E-state index in [2.05, 4.69) is 75.9 Å². The summed E-state index contributed by atoms with van der Waals surface area (Å²) in [5, 5.41) is 4.81. The zero-order valence-electron chi connectivity index (χ0n) is 9.84. The maximum absolute atomic E-state index is 3.80. The second kappa shape index (κ2) is 5.25. The Balaban J connectivity index is 1.95. The van der Waals surface area contributed by atoms with Crippen LogP contribution in [0.2, 0.25) is 0 Å².